The molecular formula is C15H24N2. The molecule has 0 aliphatic carbocycles. The lowest BCUT2D eigenvalue weighted by Gasteiger charge is -2.18. The summed E-state index contributed by atoms with van der Waals surface area (Å²) in [5.74, 6) is 0. The van der Waals surface area contributed by atoms with Crippen LogP contribution in [0.15, 0.2) is 24.3 Å². The first-order valence-corrected chi connectivity index (χ1v) is 6.67. The standard InChI is InChI=1S/C15H24N2/c1-12(2)16-15-7-8-17(11-15)10-14-6-4-5-13(3)9-14/h4-6,9,12,15-16H,7-8,10-11H2,1-3H3. The Hall–Kier alpha value is -0.860. The third kappa shape index (κ3) is 3.83. The molecule has 2 heteroatoms. The second-order valence-corrected chi connectivity index (χ2v) is 5.53. The lowest BCUT2D eigenvalue weighted by Crippen LogP contribution is -2.36. The minimum Gasteiger partial charge on any atom is -0.310 e. The summed E-state index contributed by atoms with van der Waals surface area (Å²) >= 11 is 0. The number of aryl methyl sites for hydroxylation is 1. The SMILES string of the molecule is Cc1cccc(CN2CCC(NC(C)C)C2)c1. The van der Waals surface area contributed by atoms with Crippen molar-refractivity contribution in [3.8, 4) is 0 Å². The predicted molar refractivity (Wildman–Crippen MR) is 73.1 cm³/mol. The summed E-state index contributed by atoms with van der Waals surface area (Å²) in [4.78, 5) is 2.55. The van der Waals surface area contributed by atoms with Crippen molar-refractivity contribution >= 4 is 0 Å². The molecule has 0 aromatic heterocycles. The van der Waals surface area contributed by atoms with Crippen molar-refractivity contribution in [2.75, 3.05) is 13.1 Å². The van der Waals surface area contributed by atoms with E-state index in [0.717, 1.165) is 6.54 Å². The molecule has 1 heterocycles. The van der Waals surface area contributed by atoms with Gasteiger partial charge in [-0.25, -0.2) is 0 Å². The molecule has 1 saturated heterocycles. The summed E-state index contributed by atoms with van der Waals surface area (Å²) < 4.78 is 0. The van der Waals surface area contributed by atoms with Crippen LogP contribution in [0.5, 0.6) is 0 Å². The lowest BCUT2D eigenvalue weighted by molar-refractivity contribution is 0.317. The average molecular weight is 232 g/mol. The zero-order valence-corrected chi connectivity index (χ0v) is 11.2. The van der Waals surface area contributed by atoms with E-state index in [-0.39, 0.29) is 0 Å². The van der Waals surface area contributed by atoms with Crippen molar-refractivity contribution in [3.05, 3.63) is 35.4 Å². The summed E-state index contributed by atoms with van der Waals surface area (Å²) in [6, 6.07) is 10.1. The van der Waals surface area contributed by atoms with Gasteiger partial charge in [-0.2, -0.15) is 0 Å². The van der Waals surface area contributed by atoms with Crippen LogP contribution in [-0.4, -0.2) is 30.1 Å². The Kier molecular flexibility index (Phi) is 4.19. The molecule has 0 saturated carbocycles. The average Bonchev–Trinajstić information content (AvgIpc) is 2.64. The normalized spacial score (nSPS) is 21.3. The van der Waals surface area contributed by atoms with Crippen LogP contribution in [0.2, 0.25) is 0 Å². The van der Waals surface area contributed by atoms with Gasteiger partial charge in [0.25, 0.3) is 0 Å². The van der Waals surface area contributed by atoms with E-state index in [0.29, 0.717) is 12.1 Å². The van der Waals surface area contributed by atoms with Crippen molar-refractivity contribution in [2.45, 2.75) is 45.8 Å². The fourth-order valence-electron chi connectivity index (χ4n) is 2.65. The first kappa shape index (κ1) is 12.6. The highest BCUT2D eigenvalue weighted by atomic mass is 15.2. The van der Waals surface area contributed by atoms with Crippen LogP contribution in [0.1, 0.15) is 31.4 Å². The van der Waals surface area contributed by atoms with Gasteiger partial charge in [-0.1, -0.05) is 43.7 Å². The molecule has 94 valence electrons. The van der Waals surface area contributed by atoms with Crippen LogP contribution in [-0.2, 0) is 6.54 Å². The van der Waals surface area contributed by atoms with E-state index in [2.05, 4.69) is 55.3 Å². The molecule has 1 unspecified atom stereocenters. The molecule has 0 spiro atoms. The van der Waals surface area contributed by atoms with E-state index >= 15 is 0 Å². The molecule has 0 radical (unpaired) electrons. The lowest BCUT2D eigenvalue weighted by atomic mass is 10.1. The summed E-state index contributed by atoms with van der Waals surface area (Å²) in [6.45, 7) is 10.1. The molecule has 2 nitrogen and oxygen atoms in total. The molecule has 1 atom stereocenters. The summed E-state index contributed by atoms with van der Waals surface area (Å²) in [5.41, 5.74) is 2.80. The van der Waals surface area contributed by atoms with Crippen LogP contribution in [0.25, 0.3) is 0 Å². The molecule has 1 aliphatic rings. The molecular weight excluding hydrogens is 208 g/mol. The van der Waals surface area contributed by atoms with Crippen LogP contribution < -0.4 is 5.32 Å². The molecule has 1 aliphatic heterocycles. The third-order valence-electron chi connectivity index (χ3n) is 3.33. The fraction of sp³-hybridized carbons (Fsp3) is 0.600. The minimum atomic E-state index is 0.596. The van der Waals surface area contributed by atoms with Crippen molar-refractivity contribution in [3.63, 3.8) is 0 Å². The Morgan fingerprint density at radius 3 is 2.94 bits per heavy atom. The smallest absolute Gasteiger partial charge is 0.0234 e. The highest BCUT2D eigenvalue weighted by Gasteiger charge is 2.22. The second kappa shape index (κ2) is 5.65. The van der Waals surface area contributed by atoms with E-state index < -0.39 is 0 Å². The van der Waals surface area contributed by atoms with Crippen LogP contribution >= 0.6 is 0 Å². The zero-order valence-electron chi connectivity index (χ0n) is 11.2. The monoisotopic (exact) mass is 232 g/mol. The number of rotatable bonds is 4. The Bertz CT molecular complexity index is 360. The van der Waals surface area contributed by atoms with Gasteiger partial charge in [0.15, 0.2) is 0 Å². The molecule has 17 heavy (non-hydrogen) atoms. The fourth-order valence-corrected chi connectivity index (χ4v) is 2.65. The van der Waals surface area contributed by atoms with Gasteiger partial charge < -0.3 is 5.32 Å². The number of hydrogen-bond acceptors (Lipinski definition) is 2. The van der Waals surface area contributed by atoms with Gasteiger partial charge in [0, 0.05) is 31.7 Å². The van der Waals surface area contributed by atoms with Gasteiger partial charge in [-0.15, -0.1) is 0 Å². The van der Waals surface area contributed by atoms with Gasteiger partial charge in [0.1, 0.15) is 0 Å². The topological polar surface area (TPSA) is 15.3 Å². The Balaban J connectivity index is 1.85. The molecule has 1 N–H and O–H groups in total. The Labute approximate surface area is 105 Å². The maximum atomic E-state index is 3.63. The van der Waals surface area contributed by atoms with E-state index in [1.54, 1.807) is 0 Å². The quantitative estimate of drug-likeness (QED) is 0.858. The first-order chi connectivity index (χ1) is 8.13. The minimum absolute atomic E-state index is 0.596. The number of benzene rings is 1. The number of nitrogens with one attached hydrogen (secondary N) is 1. The van der Waals surface area contributed by atoms with Crippen LogP contribution in [0, 0.1) is 6.92 Å². The van der Waals surface area contributed by atoms with Crippen LogP contribution in [0.4, 0.5) is 0 Å². The van der Waals surface area contributed by atoms with Gasteiger partial charge in [0.05, 0.1) is 0 Å². The molecule has 1 fully saturated rings. The third-order valence-corrected chi connectivity index (χ3v) is 3.33. The Morgan fingerprint density at radius 2 is 2.24 bits per heavy atom. The number of likely N-dealkylation sites (tertiary alicyclic amines) is 1. The highest BCUT2D eigenvalue weighted by Crippen LogP contribution is 2.14. The van der Waals surface area contributed by atoms with E-state index in [4.69, 9.17) is 0 Å². The molecule has 0 bridgehead atoms. The van der Waals surface area contributed by atoms with Gasteiger partial charge in [0.2, 0.25) is 0 Å². The van der Waals surface area contributed by atoms with E-state index in [1.807, 2.05) is 0 Å². The van der Waals surface area contributed by atoms with Crippen LogP contribution in [0.3, 0.4) is 0 Å². The van der Waals surface area contributed by atoms with Crippen molar-refractivity contribution in [1.82, 2.24) is 10.2 Å². The molecule has 1 aromatic rings. The van der Waals surface area contributed by atoms with E-state index in [1.165, 1.54) is 30.6 Å². The number of nitrogens with zero attached hydrogens (tertiary/aromatic N) is 1. The molecule has 0 amide bonds. The highest BCUT2D eigenvalue weighted by molar-refractivity contribution is 5.22. The second-order valence-electron chi connectivity index (χ2n) is 5.53. The van der Waals surface area contributed by atoms with Gasteiger partial charge in [-0.3, -0.25) is 4.90 Å². The van der Waals surface area contributed by atoms with Gasteiger partial charge in [-0.05, 0) is 18.9 Å². The Morgan fingerprint density at radius 1 is 1.41 bits per heavy atom. The van der Waals surface area contributed by atoms with Crippen molar-refractivity contribution < 1.29 is 0 Å². The molecule has 1 aromatic carbocycles. The van der Waals surface area contributed by atoms with Crippen molar-refractivity contribution in [2.24, 2.45) is 0 Å². The van der Waals surface area contributed by atoms with Crippen molar-refractivity contribution in [1.29, 1.82) is 0 Å². The van der Waals surface area contributed by atoms with E-state index in [9.17, 15) is 0 Å². The predicted octanol–water partition coefficient (Wildman–Crippen LogP) is 2.57. The van der Waals surface area contributed by atoms with Gasteiger partial charge >= 0.3 is 0 Å². The maximum Gasteiger partial charge on any atom is 0.0234 e. The largest absolute Gasteiger partial charge is 0.310 e. The summed E-state index contributed by atoms with van der Waals surface area (Å²) in [6.07, 6.45) is 1.28. The first-order valence-electron chi connectivity index (χ1n) is 6.67. The summed E-state index contributed by atoms with van der Waals surface area (Å²) in [7, 11) is 0. The summed E-state index contributed by atoms with van der Waals surface area (Å²) in [5, 5.41) is 3.63. The zero-order chi connectivity index (χ0) is 12.3. The number of hydrogen-bond donors (Lipinski definition) is 1. The molecule has 2 rings (SSSR count). The maximum absolute atomic E-state index is 3.63.